The molecule has 1 N–H and O–H groups in total. The van der Waals surface area contributed by atoms with Crippen LogP contribution >= 0.6 is 0 Å². The van der Waals surface area contributed by atoms with Crippen LogP contribution < -0.4 is 14.8 Å². The van der Waals surface area contributed by atoms with Crippen LogP contribution in [0.3, 0.4) is 0 Å². The lowest BCUT2D eigenvalue weighted by atomic mass is 10.0. The van der Waals surface area contributed by atoms with Crippen LogP contribution in [-0.2, 0) is 6.54 Å². The number of anilines is 1. The van der Waals surface area contributed by atoms with Gasteiger partial charge in [0, 0.05) is 49.0 Å². The van der Waals surface area contributed by atoms with Gasteiger partial charge in [-0.05, 0) is 55.8 Å². The fraction of sp³-hybridized carbons (Fsp3) is 0.318. The molecule has 0 saturated carbocycles. The van der Waals surface area contributed by atoms with E-state index in [9.17, 15) is 0 Å². The molecule has 5 rings (SSSR count). The molecule has 2 aliphatic heterocycles. The van der Waals surface area contributed by atoms with Crippen molar-refractivity contribution < 1.29 is 9.47 Å². The van der Waals surface area contributed by atoms with Crippen molar-refractivity contribution in [2.75, 3.05) is 25.2 Å². The minimum Gasteiger partial charge on any atom is -0.454 e. The Kier molecular flexibility index (Phi) is 4.62. The number of aromatic nitrogens is 2. The first kappa shape index (κ1) is 17.1. The van der Waals surface area contributed by atoms with Crippen LogP contribution in [-0.4, -0.2) is 40.4 Å². The highest BCUT2D eigenvalue weighted by Gasteiger charge is 2.22. The monoisotopic (exact) mass is 376 g/mol. The van der Waals surface area contributed by atoms with E-state index < -0.39 is 0 Å². The number of ether oxygens (including phenoxy) is 2. The van der Waals surface area contributed by atoms with Crippen molar-refractivity contribution in [1.82, 2.24) is 14.5 Å². The van der Waals surface area contributed by atoms with Crippen molar-refractivity contribution in [2.24, 2.45) is 0 Å². The third kappa shape index (κ3) is 3.55. The number of nitrogens with zero attached hydrogens (tertiary/aromatic N) is 3. The summed E-state index contributed by atoms with van der Waals surface area (Å²) in [5.41, 5.74) is 2.36. The highest BCUT2D eigenvalue weighted by molar-refractivity contribution is 5.56. The second-order valence-corrected chi connectivity index (χ2v) is 7.34. The van der Waals surface area contributed by atoms with Crippen LogP contribution in [0, 0.1) is 0 Å². The molecule has 4 heterocycles. The van der Waals surface area contributed by atoms with E-state index in [0.717, 1.165) is 42.6 Å². The van der Waals surface area contributed by atoms with Crippen LogP contribution in [0.1, 0.15) is 18.5 Å². The molecular formula is C22H24N4O2. The first-order valence-corrected chi connectivity index (χ1v) is 9.81. The number of piperidine rings is 1. The summed E-state index contributed by atoms with van der Waals surface area (Å²) in [6.45, 7) is 3.36. The molecule has 0 aliphatic carbocycles. The van der Waals surface area contributed by atoms with E-state index in [0.29, 0.717) is 12.8 Å². The number of nitrogens with one attached hydrogen (secondary N) is 1. The first-order chi connectivity index (χ1) is 13.8. The smallest absolute Gasteiger partial charge is 0.231 e. The maximum absolute atomic E-state index is 5.49. The van der Waals surface area contributed by atoms with E-state index in [1.807, 2.05) is 36.5 Å². The highest BCUT2D eigenvalue weighted by atomic mass is 16.7. The zero-order valence-corrected chi connectivity index (χ0v) is 15.8. The number of rotatable bonds is 5. The molecule has 0 radical (unpaired) electrons. The highest BCUT2D eigenvalue weighted by Crippen LogP contribution is 2.34. The van der Waals surface area contributed by atoms with E-state index in [4.69, 9.17) is 9.47 Å². The molecule has 28 heavy (non-hydrogen) atoms. The molecule has 0 amide bonds. The summed E-state index contributed by atoms with van der Waals surface area (Å²) in [5, 5.41) is 3.67. The fourth-order valence-electron chi connectivity index (χ4n) is 4.03. The Morgan fingerprint density at radius 2 is 2.04 bits per heavy atom. The molecule has 1 fully saturated rings. The standard InChI is InChI=1S/C22H24N4O2/c1-2-10-23-22(7-1)26-12-4-6-19(26)15-25-11-3-5-18(14-25)24-17-8-9-20-21(13-17)28-16-27-20/h1-2,4,6-10,12-13,18,24H,3,5,11,14-16H2/t18-/m0/s1. The van der Waals surface area contributed by atoms with Crippen LogP contribution in [0.5, 0.6) is 11.5 Å². The van der Waals surface area contributed by atoms with Gasteiger partial charge in [0.05, 0.1) is 0 Å². The number of pyridine rings is 1. The van der Waals surface area contributed by atoms with Crippen molar-refractivity contribution in [3.05, 3.63) is 66.6 Å². The lowest BCUT2D eigenvalue weighted by Crippen LogP contribution is -2.41. The Morgan fingerprint density at radius 1 is 1.07 bits per heavy atom. The second kappa shape index (κ2) is 7.56. The molecule has 2 aliphatic rings. The predicted octanol–water partition coefficient (Wildman–Crippen LogP) is 3.68. The van der Waals surface area contributed by atoms with E-state index in [1.165, 1.54) is 18.5 Å². The molecule has 3 aromatic rings. The zero-order chi connectivity index (χ0) is 18.8. The molecule has 6 nitrogen and oxygen atoms in total. The molecule has 2 aromatic heterocycles. The molecule has 1 aromatic carbocycles. The second-order valence-electron chi connectivity index (χ2n) is 7.34. The minimum absolute atomic E-state index is 0.311. The third-order valence-electron chi connectivity index (χ3n) is 5.36. The number of hydrogen-bond donors (Lipinski definition) is 1. The summed E-state index contributed by atoms with van der Waals surface area (Å²) in [7, 11) is 0. The minimum atomic E-state index is 0.311. The quantitative estimate of drug-likeness (QED) is 0.736. The van der Waals surface area contributed by atoms with Gasteiger partial charge in [-0.25, -0.2) is 4.98 Å². The van der Waals surface area contributed by atoms with Crippen LogP contribution in [0.15, 0.2) is 60.9 Å². The fourth-order valence-corrected chi connectivity index (χ4v) is 4.03. The van der Waals surface area contributed by atoms with Crippen molar-refractivity contribution in [1.29, 1.82) is 0 Å². The van der Waals surface area contributed by atoms with Crippen molar-refractivity contribution in [3.8, 4) is 17.3 Å². The summed E-state index contributed by atoms with van der Waals surface area (Å²) >= 11 is 0. The van der Waals surface area contributed by atoms with Gasteiger partial charge < -0.3 is 19.4 Å². The molecule has 1 saturated heterocycles. The maximum atomic E-state index is 5.49. The average Bonchev–Trinajstić information content (AvgIpc) is 3.38. The van der Waals surface area contributed by atoms with Gasteiger partial charge >= 0.3 is 0 Å². The van der Waals surface area contributed by atoms with E-state index in [-0.39, 0.29) is 0 Å². The van der Waals surface area contributed by atoms with E-state index in [1.54, 1.807) is 0 Å². The van der Waals surface area contributed by atoms with Gasteiger partial charge in [-0.1, -0.05) is 6.07 Å². The Balaban J connectivity index is 1.25. The topological polar surface area (TPSA) is 51.5 Å². The number of fused-ring (bicyclic) bond motifs is 1. The van der Waals surface area contributed by atoms with E-state index in [2.05, 4.69) is 44.2 Å². The zero-order valence-electron chi connectivity index (χ0n) is 15.8. The summed E-state index contributed by atoms with van der Waals surface area (Å²) in [5.74, 6) is 2.62. The Bertz CT molecular complexity index is 941. The molecule has 6 heteroatoms. The van der Waals surface area contributed by atoms with Crippen LogP contribution in [0.4, 0.5) is 5.69 Å². The molecular weight excluding hydrogens is 352 g/mol. The van der Waals surface area contributed by atoms with Gasteiger partial charge in [-0.15, -0.1) is 0 Å². The Labute approximate surface area is 164 Å². The summed E-state index contributed by atoms with van der Waals surface area (Å²) < 4.78 is 13.1. The van der Waals surface area contributed by atoms with E-state index >= 15 is 0 Å². The molecule has 0 spiro atoms. The first-order valence-electron chi connectivity index (χ1n) is 9.81. The molecule has 1 atom stereocenters. The van der Waals surface area contributed by atoms with Gasteiger partial charge in [-0.2, -0.15) is 0 Å². The summed E-state index contributed by atoms with van der Waals surface area (Å²) in [6, 6.07) is 16.8. The van der Waals surface area contributed by atoms with Crippen LogP contribution in [0.25, 0.3) is 5.82 Å². The van der Waals surface area contributed by atoms with Gasteiger partial charge in [0.2, 0.25) is 6.79 Å². The summed E-state index contributed by atoms with van der Waals surface area (Å²) in [4.78, 5) is 7.00. The van der Waals surface area contributed by atoms with Gasteiger partial charge in [0.25, 0.3) is 0 Å². The largest absolute Gasteiger partial charge is 0.454 e. The SMILES string of the molecule is c1ccc(-n2cccc2CN2CCC[C@H](Nc3ccc4c(c3)OCO4)C2)nc1. The Morgan fingerprint density at radius 3 is 2.96 bits per heavy atom. The molecule has 0 bridgehead atoms. The number of likely N-dealkylation sites (tertiary alicyclic amines) is 1. The molecule has 144 valence electrons. The normalized spacial score (nSPS) is 18.9. The van der Waals surface area contributed by atoms with Crippen LogP contribution in [0.2, 0.25) is 0 Å². The van der Waals surface area contributed by atoms with Gasteiger partial charge in [0.15, 0.2) is 11.5 Å². The lowest BCUT2D eigenvalue weighted by Gasteiger charge is -2.33. The van der Waals surface area contributed by atoms with Gasteiger partial charge in [0.1, 0.15) is 5.82 Å². The maximum Gasteiger partial charge on any atom is 0.231 e. The van der Waals surface area contributed by atoms with Crippen molar-refractivity contribution in [3.63, 3.8) is 0 Å². The Hall–Kier alpha value is -2.99. The van der Waals surface area contributed by atoms with Crippen molar-refractivity contribution >= 4 is 5.69 Å². The van der Waals surface area contributed by atoms with Crippen molar-refractivity contribution in [2.45, 2.75) is 25.4 Å². The summed E-state index contributed by atoms with van der Waals surface area (Å²) in [6.07, 6.45) is 6.29. The number of hydrogen-bond acceptors (Lipinski definition) is 5. The van der Waals surface area contributed by atoms with Gasteiger partial charge in [-0.3, -0.25) is 4.90 Å². The average molecular weight is 376 g/mol. The lowest BCUT2D eigenvalue weighted by molar-refractivity contribution is 0.174. The number of benzene rings is 1. The molecule has 0 unspecified atom stereocenters. The third-order valence-corrected chi connectivity index (χ3v) is 5.36. The predicted molar refractivity (Wildman–Crippen MR) is 108 cm³/mol.